The molecular formula is C23H25NO4. The molecule has 2 aromatic carbocycles. The predicted molar refractivity (Wildman–Crippen MR) is 111 cm³/mol. The lowest BCUT2D eigenvalue weighted by molar-refractivity contribution is -0.116. The molecule has 0 bridgehead atoms. The summed E-state index contributed by atoms with van der Waals surface area (Å²) in [4.78, 5) is 24.9. The highest BCUT2D eigenvalue weighted by Crippen LogP contribution is 2.25. The van der Waals surface area contributed by atoms with Gasteiger partial charge in [-0.2, -0.15) is 0 Å². The number of methoxy groups -OCH3 is 1. The first-order chi connectivity index (χ1) is 13.3. The molecule has 1 aromatic heterocycles. The molecule has 5 heteroatoms. The average Bonchev–Trinajstić information content (AvgIpc) is 2.63. The Kier molecular flexibility index (Phi) is 5.54. The van der Waals surface area contributed by atoms with Gasteiger partial charge in [-0.25, -0.2) is 4.79 Å². The molecule has 0 saturated carbocycles. The number of carbonyl (C=O) groups excluding carboxylic acids is 1. The van der Waals surface area contributed by atoms with Gasteiger partial charge in [0.1, 0.15) is 11.3 Å². The Morgan fingerprint density at radius 1 is 1.07 bits per heavy atom. The van der Waals surface area contributed by atoms with E-state index in [0.29, 0.717) is 23.3 Å². The summed E-state index contributed by atoms with van der Waals surface area (Å²) < 4.78 is 10.6. The molecule has 1 amide bonds. The SMILES string of the molecule is COc1ccc2c(C)c(CCC(=O)Nc3c(C)cc(C)cc3C)c(=O)oc2c1. The van der Waals surface area contributed by atoms with E-state index in [1.54, 1.807) is 13.2 Å². The summed E-state index contributed by atoms with van der Waals surface area (Å²) in [5.41, 5.74) is 5.51. The fourth-order valence-electron chi connectivity index (χ4n) is 3.61. The van der Waals surface area contributed by atoms with Crippen LogP contribution in [0, 0.1) is 27.7 Å². The van der Waals surface area contributed by atoms with Crippen molar-refractivity contribution < 1.29 is 13.9 Å². The van der Waals surface area contributed by atoms with Crippen molar-refractivity contribution in [3.8, 4) is 5.75 Å². The van der Waals surface area contributed by atoms with Crippen LogP contribution in [0.4, 0.5) is 5.69 Å². The minimum Gasteiger partial charge on any atom is -0.497 e. The van der Waals surface area contributed by atoms with Crippen molar-refractivity contribution in [1.29, 1.82) is 0 Å². The van der Waals surface area contributed by atoms with Crippen molar-refractivity contribution >= 4 is 22.6 Å². The number of amides is 1. The summed E-state index contributed by atoms with van der Waals surface area (Å²) in [6.45, 7) is 7.87. The molecule has 0 aliphatic heterocycles. The van der Waals surface area contributed by atoms with Crippen LogP contribution < -0.4 is 15.7 Å². The van der Waals surface area contributed by atoms with E-state index in [1.807, 2.05) is 52.0 Å². The minimum absolute atomic E-state index is 0.122. The van der Waals surface area contributed by atoms with E-state index >= 15 is 0 Å². The van der Waals surface area contributed by atoms with Crippen LogP contribution in [0.2, 0.25) is 0 Å². The highest BCUT2D eigenvalue weighted by Gasteiger charge is 2.15. The van der Waals surface area contributed by atoms with Gasteiger partial charge < -0.3 is 14.5 Å². The summed E-state index contributed by atoms with van der Waals surface area (Å²) >= 11 is 0. The smallest absolute Gasteiger partial charge is 0.339 e. The zero-order chi connectivity index (χ0) is 20.4. The summed E-state index contributed by atoms with van der Waals surface area (Å²) in [6.07, 6.45) is 0.534. The third-order valence-corrected chi connectivity index (χ3v) is 5.04. The minimum atomic E-state index is -0.409. The Morgan fingerprint density at radius 3 is 2.39 bits per heavy atom. The molecule has 0 unspecified atom stereocenters. The van der Waals surface area contributed by atoms with E-state index in [-0.39, 0.29) is 12.3 Å². The number of benzene rings is 2. The number of nitrogens with one attached hydrogen (secondary N) is 1. The molecular weight excluding hydrogens is 354 g/mol. The number of rotatable bonds is 5. The number of ether oxygens (including phenoxy) is 1. The zero-order valence-electron chi connectivity index (χ0n) is 16.9. The highest BCUT2D eigenvalue weighted by molar-refractivity contribution is 5.92. The van der Waals surface area contributed by atoms with E-state index in [9.17, 15) is 9.59 Å². The van der Waals surface area contributed by atoms with Gasteiger partial charge in [0, 0.05) is 29.1 Å². The van der Waals surface area contributed by atoms with E-state index in [4.69, 9.17) is 9.15 Å². The first kappa shape index (κ1) is 19.7. The molecule has 1 heterocycles. The molecule has 3 rings (SSSR count). The van der Waals surface area contributed by atoms with Gasteiger partial charge in [0.2, 0.25) is 5.91 Å². The fraction of sp³-hybridized carbons (Fsp3) is 0.304. The summed E-state index contributed by atoms with van der Waals surface area (Å²) in [6, 6.07) is 9.48. The molecule has 0 aliphatic rings. The summed E-state index contributed by atoms with van der Waals surface area (Å²) in [7, 11) is 1.57. The second-order valence-electron chi connectivity index (χ2n) is 7.18. The van der Waals surface area contributed by atoms with Crippen LogP contribution in [0.5, 0.6) is 5.75 Å². The number of anilines is 1. The largest absolute Gasteiger partial charge is 0.497 e. The van der Waals surface area contributed by atoms with Gasteiger partial charge in [-0.1, -0.05) is 17.7 Å². The molecule has 0 spiro atoms. The molecule has 146 valence electrons. The van der Waals surface area contributed by atoms with Crippen LogP contribution in [0.3, 0.4) is 0 Å². The van der Waals surface area contributed by atoms with Gasteiger partial charge in [-0.05, 0) is 62.9 Å². The van der Waals surface area contributed by atoms with E-state index in [0.717, 1.165) is 33.3 Å². The molecule has 0 aliphatic carbocycles. The monoisotopic (exact) mass is 379 g/mol. The Hall–Kier alpha value is -3.08. The molecule has 0 radical (unpaired) electrons. The number of carbonyl (C=O) groups is 1. The summed E-state index contributed by atoms with van der Waals surface area (Å²) in [5.74, 6) is 0.509. The molecule has 0 atom stereocenters. The Morgan fingerprint density at radius 2 is 1.75 bits per heavy atom. The van der Waals surface area contributed by atoms with Gasteiger partial charge in [-0.3, -0.25) is 4.79 Å². The summed E-state index contributed by atoms with van der Waals surface area (Å²) in [5, 5.41) is 3.83. The van der Waals surface area contributed by atoms with Crippen LogP contribution in [0.25, 0.3) is 11.0 Å². The first-order valence-corrected chi connectivity index (χ1v) is 9.28. The second-order valence-corrected chi connectivity index (χ2v) is 7.18. The standard InChI is InChI=1S/C23H25NO4/c1-13-10-14(2)22(15(3)11-13)24-21(25)9-8-19-16(4)18-7-6-17(27-5)12-20(18)28-23(19)26/h6-7,10-12H,8-9H2,1-5H3,(H,24,25). The molecule has 0 saturated heterocycles. The molecule has 0 fully saturated rings. The van der Waals surface area contributed by atoms with E-state index in [1.165, 1.54) is 0 Å². The zero-order valence-corrected chi connectivity index (χ0v) is 16.9. The lowest BCUT2D eigenvalue weighted by Crippen LogP contribution is -2.17. The van der Waals surface area contributed by atoms with Crippen LogP contribution >= 0.6 is 0 Å². The highest BCUT2D eigenvalue weighted by atomic mass is 16.5. The second kappa shape index (κ2) is 7.89. The third-order valence-electron chi connectivity index (χ3n) is 5.04. The van der Waals surface area contributed by atoms with E-state index in [2.05, 4.69) is 5.32 Å². The number of hydrogen-bond donors (Lipinski definition) is 1. The first-order valence-electron chi connectivity index (χ1n) is 9.28. The Balaban J connectivity index is 1.80. The van der Waals surface area contributed by atoms with Crippen LogP contribution in [0.15, 0.2) is 39.5 Å². The number of hydrogen-bond acceptors (Lipinski definition) is 4. The van der Waals surface area contributed by atoms with Crippen molar-refractivity contribution in [3.63, 3.8) is 0 Å². The van der Waals surface area contributed by atoms with Crippen LogP contribution in [-0.4, -0.2) is 13.0 Å². The number of aryl methyl sites for hydroxylation is 4. The van der Waals surface area contributed by atoms with Gasteiger partial charge in [0.25, 0.3) is 0 Å². The van der Waals surface area contributed by atoms with Gasteiger partial charge in [-0.15, -0.1) is 0 Å². The van der Waals surface area contributed by atoms with Crippen molar-refractivity contribution in [2.24, 2.45) is 0 Å². The van der Waals surface area contributed by atoms with Gasteiger partial charge in [0.15, 0.2) is 0 Å². The number of fused-ring (bicyclic) bond motifs is 1. The fourth-order valence-corrected chi connectivity index (χ4v) is 3.61. The van der Waals surface area contributed by atoms with Gasteiger partial charge in [0.05, 0.1) is 7.11 Å². The van der Waals surface area contributed by atoms with Crippen molar-refractivity contribution in [2.45, 2.75) is 40.5 Å². The maximum absolute atomic E-state index is 12.5. The van der Waals surface area contributed by atoms with Crippen molar-refractivity contribution in [3.05, 3.63) is 68.6 Å². The van der Waals surface area contributed by atoms with E-state index < -0.39 is 5.63 Å². The Bertz CT molecular complexity index is 1090. The predicted octanol–water partition coefficient (Wildman–Crippen LogP) is 4.61. The maximum Gasteiger partial charge on any atom is 0.339 e. The third kappa shape index (κ3) is 3.93. The Labute approximate surface area is 164 Å². The quantitative estimate of drug-likeness (QED) is 0.658. The molecule has 5 nitrogen and oxygen atoms in total. The van der Waals surface area contributed by atoms with Gasteiger partial charge >= 0.3 is 5.63 Å². The van der Waals surface area contributed by atoms with Crippen LogP contribution in [-0.2, 0) is 11.2 Å². The lowest BCUT2D eigenvalue weighted by atomic mass is 10.0. The molecule has 1 N–H and O–H groups in total. The molecule has 3 aromatic rings. The lowest BCUT2D eigenvalue weighted by Gasteiger charge is -2.13. The normalized spacial score (nSPS) is 10.9. The molecule has 28 heavy (non-hydrogen) atoms. The van der Waals surface area contributed by atoms with Crippen molar-refractivity contribution in [2.75, 3.05) is 12.4 Å². The average molecular weight is 379 g/mol. The van der Waals surface area contributed by atoms with Crippen molar-refractivity contribution in [1.82, 2.24) is 0 Å². The maximum atomic E-state index is 12.5. The topological polar surface area (TPSA) is 68.5 Å². The van der Waals surface area contributed by atoms with Crippen LogP contribution in [0.1, 0.15) is 34.2 Å².